The minimum Gasteiger partial charge on any atom is -0.508 e. The van der Waals surface area contributed by atoms with Gasteiger partial charge in [0.1, 0.15) is 12.3 Å². The summed E-state index contributed by atoms with van der Waals surface area (Å²) in [6.45, 7) is 2.97. The van der Waals surface area contributed by atoms with Gasteiger partial charge in [0.15, 0.2) is 0 Å². The van der Waals surface area contributed by atoms with Gasteiger partial charge in [0.2, 0.25) is 11.5 Å². The lowest BCUT2D eigenvalue weighted by Crippen LogP contribution is -2.45. The van der Waals surface area contributed by atoms with Crippen molar-refractivity contribution in [2.45, 2.75) is 13.8 Å². The first kappa shape index (κ1) is 14.7. The number of ketones is 1. The number of ether oxygens (including phenoxy) is 1. The number of phenolic OH excluding ortho intramolecular Hbond substituents is 1. The molecule has 0 atom stereocenters. The van der Waals surface area contributed by atoms with Gasteiger partial charge in [-0.05, 0) is 24.6 Å². The number of nitrogens with one attached hydrogen (secondary N) is 1. The molecular weight excluding hydrogens is 248 g/mol. The third kappa shape index (κ3) is 3.54. The van der Waals surface area contributed by atoms with Gasteiger partial charge in [-0.15, -0.1) is 0 Å². The van der Waals surface area contributed by atoms with E-state index in [1.165, 1.54) is 20.1 Å². The van der Waals surface area contributed by atoms with Crippen LogP contribution in [0.3, 0.4) is 0 Å². The third-order valence-electron chi connectivity index (χ3n) is 2.66. The maximum atomic E-state index is 11.3. The first-order valence-corrected chi connectivity index (χ1v) is 5.64. The van der Waals surface area contributed by atoms with Crippen molar-refractivity contribution in [1.82, 2.24) is 0 Å². The van der Waals surface area contributed by atoms with Crippen molar-refractivity contribution in [2.75, 3.05) is 19.0 Å². The van der Waals surface area contributed by atoms with Crippen LogP contribution in [0.25, 0.3) is 0 Å². The number of aryl methyl sites for hydroxylation is 1. The van der Waals surface area contributed by atoms with Crippen molar-refractivity contribution < 1.29 is 24.8 Å². The summed E-state index contributed by atoms with van der Waals surface area (Å²) in [5.41, 5.74) is 1.48. The minimum absolute atomic E-state index is 0.0164. The summed E-state index contributed by atoms with van der Waals surface area (Å²) in [5, 5.41) is 18.2. The molecule has 6 heteroatoms. The van der Waals surface area contributed by atoms with Crippen LogP contribution in [0.1, 0.15) is 18.1 Å². The Labute approximate surface area is 110 Å². The van der Waals surface area contributed by atoms with Crippen molar-refractivity contribution in [3.05, 3.63) is 23.3 Å². The van der Waals surface area contributed by atoms with E-state index in [-0.39, 0.29) is 23.8 Å². The molecule has 6 nitrogen and oxygen atoms in total. The van der Waals surface area contributed by atoms with Gasteiger partial charge in [-0.25, -0.2) is 0 Å². The molecule has 102 valence electrons. The van der Waals surface area contributed by atoms with Gasteiger partial charge in [0, 0.05) is 12.6 Å². The Balaban J connectivity index is 3.13. The lowest BCUT2D eigenvalue weighted by molar-refractivity contribution is -0.138. The SMILES string of the molecule is COC(=O)CNc1cc(C)c(O)cc1C(=[NH2+])C(C)=O. The Bertz CT molecular complexity index is 538. The fraction of sp³-hybridized carbons (Fsp3) is 0.308. The zero-order valence-electron chi connectivity index (χ0n) is 11.1. The zero-order valence-corrected chi connectivity index (χ0v) is 11.1. The second-order valence-electron chi connectivity index (χ2n) is 4.08. The lowest BCUT2D eigenvalue weighted by atomic mass is 10.0. The molecule has 0 aromatic heterocycles. The summed E-state index contributed by atoms with van der Waals surface area (Å²) in [6, 6.07) is 3.01. The Hall–Kier alpha value is -2.37. The first-order chi connectivity index (χ1) is 8.86. The van der Waals surface area contributed by atoms with E-state index in [4.69, 9.17) is 5.41 Å². The van der Waals surface area contributed by atoms with Crippen LogP contribution in [0.5, 0.6) is 5.75 Å². The van der Waals surface area contributed by atoms with Crippen LogP contribution in [0.2, 0.25) is 0 Å². The minimum atomic E-state index is -0.446. The molecule has 4 N–H and O–H groups in total. The van der Waals surface area contributed by atoms with Crippen LogP contribution in [0.15, 0.2) is 12.1 Å². The third-order valence-corrected chi connectivity index (χ3v) is 2.66. The number of carbonyl (C=O) groups excluding carboxylic acids is 2. The van der Waals surface area contributed by atoms with E-state index >= 15 is 0 Å². The highest BCUT2D eigenvalue weighted by atomic mass is 16.5. The molecule has 0 aliphatic carbocycles. The van der Waals surface area contributed by atoms with Gasteiger partial charge in [0.05, 0.1) is 12.7 Å². The molecule has 1 aromatic rings. The standard InChI is InChI=1S/C13H16N2O4/c1-7-4-10(15-6-12(18)19-3)9(5-11(7)17)13(14)8(2)16/h4-5,14-15,17H,6H2,1-3H3/p+1. The molecule has 0 spiro atoms. The Morgan fingerprint density at radius 2 is 2.05 bits per heavy atom. The number of carbonyl (C=O) groups is 2. The van der Waals surface area contributed by atoms with Crippen LogP contribution in [-0.2, 0) is 14.3 Å². The zero-order chi connectivity index (χ0) is 14.6. The predicted molar refractivity (Wildman–Crippen MR) is 70.1 cm³/mol. The topological polar surface area (TPSA) is 101 Å². The maximum Gasteiger partial charge on any atom is 0.325 e. The van der Waals surface area contributed by atoms with Gasteiger partial charge in [0.25, 0.3) is 0 Å². The molecule has 0 saturated carbocycles. The van der Waals surface area contributed by atoms with Crippen LogP contribution >= 0.6 is 0 Å². The van der Waals surface area contributed by atoms with E-state index < -0.39 is 5.97 Å². The molecule has 0 fully saturated rings. The van der Waals surface area contributed by atoms with E-state index in [1.54, 1.807) is 13.0 Å². The Kier molecular flexibility index (Phi) is 4.63. The molecule has 0 heterocycles. The highest BCUT2D eigenvalue weighted by molar-refractivity contribution is 6.44. The number of benzene rings is 1. The molecule has 1 aromatic carbocycles. The number of methoxy groups -OCH3 is 1. The lowest BCUT2D eigenvalue weighted by Gasteiger charge is -2.11. The average molecular weight is 265 g/mol. The fourth-order valence-electron chi connectivity index (χ4n) is 1.49. The van der Waals surface area contributed by atoms with E-state index in [9.17, 15) is 14.7 Å². The number of nitrogens with two attached hydrogens (primary N) is 1. The number of phenols is 1. The van der Waals surface area contributed by atoms with Gasteiger partial charge in [-0.2, -0.15) is 0 Å². The second-order valence-corrected chi connectivity index (χ2v) is 4.08. The van der Waals surface area contributed by atoms with Crippen LogP contribution in [-0.4, -0.2) is 36.2 Å². The number of Topliss-reactive ketones (excluding diaryl/α,β-unsaturated/α-hetero) is 1. The Morgan fingerprint density at radius 1 is 1.42 bits per heavy atom. The summed E-state index contributed by atoms with van der Waals surface area (Å²) >= 11 is 0. The highest BCUT2D eigenvalue weighted by Crippen LogP contribution is 2.25. The Morgan fingerprint density at radius 3 is 2.58 bits per heavy atom. The second kappa shape index (κ2) is 5.99. The van der Waals surface area contributed by atoms with Crippen molar-refractivity contribution in [3.8, 4) is 5.75 Å². The van der Waals surface area contributed by atoms with E-state index in [1.807, 2.05) is 0 Å². The van der Waals surface area contributed by atoms with Gasteiger partial charge < -0.3 is 15.2 Å². The predicted octanol–water partition coefficient (Wildman–Crippen LogP) is -0.577. The summed E-state index contributed by atoms with van der Waals surface area (Å²) in [6.07, 6.45) is 0. The number of esters is 1. The average Bonchev–Trinajstić information content (AvgIpc) is 2.38. The molecule has 0 aliphatic heterocycles. The summed E-state index contributed by atoms with van der Waals surface area (Å²) in [4.78, 5) is 22.4. The van der Waals surface area contributed by atoms with Crippen molar-refractivity contribution in [2.24, 2.45) is 0 Å². The van der Waals surface area contributed by atoms with Crippen molar-refractivity contribution in [3.63, 3.8) is 0 Å². The molecule has 0 aliphatic rings. The number of anilines is 1. The fourth-order valence-corrected chi connectivity index (χ4v) is 1.49. The van der Waals surface area contributed by atoms with E-state index in [0.717, 1.165) is 0 Å². The smallest absolute Gasteiger partial charge is 0.325 e. The van der Waals surface area contributed by atoms with E-state index in [2.05, 4.69) is 10.1 Å². The largest absolute Gasteiger partial charge is 0.508 e. The normalized spacial score (nSPS) is 9.84. The van der Waals surface area contributed by atoms with Crippen LogP contribution < -0.4 is 10.7 Å². The van der Waals surface area contributed by atoms with Crippen molar-refractivity contribution >= 4 is 23.2 Å². The van der Waals surface area contributed by atoms with Gasteiger partial charge >= 0.3 is 5.97 Å². The van der Waals surface area contributed by atoms with E-state index in [0.29, 0.717) is 16.8 Å². The number of hydrogen-bond acceptors (Lipinski definition) is 5. The molecule has 0 saturated heterocycles. The number of aromatic hydroxyl groups is 1. The quantitative estimate of drug-likeness (QED) is 0.376. The van der Waals surface area contributed by atoms with Crippen LogP contribution in [0, 0.1) is 6.92 Å². The highest BCUT2D eigenvalue weighted by Gasteiger charge is 2.19. The first-order valence-electron chi connectivity index (χ1n) is 5.64. The van der Waals surface area contributed by atoms with Gasteiger partial charge in [-0.1, -0.05) is 0 Å². The number of hydrogen-bond donors (Lipinski definition) is 3. The monoisotopic (exact) mass is 265 g/mol. The van der Waals surface area contributed by atoms with Crippen LogP contribution in [0.4, 0.5) is 5.69 Å². The molecule has 19 heavy (non-hydrogen) atoms. The molecule has 0 bridgehead atoms. The van der Waals surface area contributed by atoms with Gasteiger partial charge in [-0.3, -0.25) is 15.0 Å². The molecule has 1 rings (SSSR count). The summed E-state index contributed by atoms with van der Waals surface area (Å²) in [5.74, 6) is -0.731. The van der Waals surface area contributed by atoms with Crippen molar-refractivity contribution in [1.29, 1.82) is 0 Å². The number of rotatable bonds is 5. The summed E-state index contributed by atoms with van der Waals surface area (Å²) < 4.78 is 4.52. The summed E-state index contributed by atoms with van der Waals surface area (Å²) in [7, 11) is 1.28. The maximum absolute atomic E-state index is 11.3. The molecule has 0 unspecified atom stereocenters. The molecule has 0 radical (unpaired) electrons. The molecular formula is C13H17N2O4+. The molecule has 0 amide bonds.